The van der Waals surface area contributed by atoms with E-state index in [0.717, 1.165) is 141 Å². The highest BCUT2D eigenvalue weighted by Gasteiger charge is 2.31. The van der Waals surface area contributed by atoms with Gasteiger partial charge in [-0.2, -0.15) is 0 Å². The largest absolute Gasteiger partial charge is 0.481 e. The number of amides is 7. The summed E-state index contributed by atoms with van der Waals surface area (Å²) >= 11 is 0. The Labute approximate surface area is 720 Å². The van der Waals surface area contributed by atoms with Gasteiger partial charge in [0.15, 0.2) is 5.78 Å². The summed E-state index contributed by atoms with van der Waals surface area (Å²) in [6.07, 6.45) is 28.5. The van der Waals surface area contributed by atoms with Crippen molar-refractivity contribution < 1.29 is 133 Å². The Bertz CT molecular complexity index is 2880. The number of hydrogen-bond acceptors (Lipinski definition) is 23. The van der Waals surface area contributed by atoms with Gasteiger partial charge in [0.1, 0.15) is 55.9 Å². The summed E-state index contributed by atoms with van der Waals surface area (Å²) in [6, 6.07) is -2.35. The van der Waals surface area contributed by atoms with Crippen LogP contribution >= 0.6 is 0 Å². The van der Waals surface area contributed by atoms with Crippen molar-refractivity contribution in [2.24, 2.45) is 17.3 Å². The predicted octanol–water partition coefficient (Wildman–Crippen LogP) is 9.46. The first-order valence-electron chi connectivity index (χ1n) is 44.6. The van der Waals surface area contributed by atoms with Gasteiger partial charge in [-0.1, -0.05) is 162 Å². The molecule has 121 heavy (non-hydrogen) atoms. The minimum Gasteiger partial charge on any atom is -0.481 e. The molecule has 0 saturated heterocycles. The molecular formula is C87H157N7O27. The molecule has 0 spiro atoms. The number of unbranched alkanes of at least 4 members (excludes halogenated alkanes) is 24. The monoisotopic (exact) mass is 1730 g/mol. The zero-order chi connectivity index (χ0) is 89.6. The molecule has 0 aliphatic carbocycles. The van der Waals surface area contributed by atoms with Crippen LogP contribution < -0.4 is 37.2 Å². The average molecular weight is 1730 g/mol. The second-order valence-corrected chi connectivity index (χ2v) is 31.9. The van der Waals surface area contributed by atoms with Crippen LogP contribution in [0.25, 0.3) is 0 Å². The Morgan fingerprint density at radius 2 is 0.587 bits per heavy atom. The SMILES string of the molecule is CC(=O)[C@H](CCCCNC(=O)COCCOCCCC(=O)COCCOCCNC(=O)CC[C@H](NC(=O)CCCCCCCCCCCCCCC(=O)O)C(=O)O)CC(=O)[C@H](CCCCNC(=O)COCCOCCNC(=O)COCCOCCNC(=O)CC[C@H](NC(=O)CCCCCCCCCCCCCCC(=O)O)C(=O)O)CC(=O)C(C)(C)C.[HH].[HH]. The predicted molar refractivity (Wildman–Crippen MR) is 456 cm³/mol. The van der Waals surface area contributed by atoms with Crippen molar-refractivity contribution in [2.75, 3.05) is 138 Å². The molecule has 0 aliphatic rings. The lowest BCUT2D eigenvalue weighted by molar-refractivity contribution is -0.142. The fourth-order valence-electron chi connectivity index (χ4n) is 12.6. The second-order valence-electron chi connectivity index (χ2n) is 31.9. The highest BCUT2D eigenvalue weighted by Crippen LogP contribution is 2.27. The van der Waals surface area contributed by atoms with Crippen molar-refractivity contribution in [3.8, 4) is 0 Å². The summed E-state index contributed by atoms with van der Waals surface area (Å²) in [5.41, 5.74) is -0.672. The summed E-state index contributed by atoms with van der Waals surface area (Å²) in [6.45, 7) is 9.42. The van der Waals surface area contributed by atoms with Gasteiger partial charge >= 0.3 is 23.9 Å². The molecule has 702 valence electrons. The summed E-state index contributed by atoms with van der Waals surface area (Å²) in [5.74, 6) is -8.04. The minimum absolute atomic E-state index is 0. The van der Waals surface area contributed by atoms with E-state index in [2.05, 4.69) is 37.2 Å². The average Bonchev–Trinajstić information content (AvgIpc) is 0.867. The van der Waals surface area contributed by atoms with Crippen LogP contribution in [0.3, 0.4) is 0 Å². The Kier molecular flexibility index (Phi) is 73.7. The summed E-state index contributed by atoms with van der Waals surface area (Å²) < 4.78 is 43.4. The molecule has 0 saturated carbocycles. The smallest absolute Gasteiger partial charge is 0.326 e. The number of carboxylic acid groups (broad SMARTS) is 4. The van der Waals surface area contributed by atoms with E-state index in [1.807, 2.05) is 0 Å². The van der Waals surface area contributed by atoms with E-state index in [0.29, 0.717) is 77.5 Å². The van der Waals surface area contributed by atoms with Crippen molar-refractivity contribution in [3.63, 3.8) is 0 Å². The van der Waals surface area contributed by atoms with Gasteiger partial charge in [-0.25, -0.2) is 9.59 Å². The van der Waals surface area contributed by atoms with Gasteiger partial charge in [-0.15, -0.1) is 0 Å². The number of rotatable bonds is 89. The maximum absolute atomic E-state index is 13.8. The summed E-state index contributed by atoms with van der Waals surface area (Å²) in [7, 11) is 0. The Morgan fingerprint density at radius 3 is 0.926 bits per heavy atom. The lowest BCUT2D eigenvalue weighted by Gasteiger charge is -2.23. The topological polar surface area (TPSA) is 495 Å². The van der Waals surface area contributed by atoms with Gasteiger partial charge in [0.05, 0.1) is 72.7 Å². The van der Waals surface area contributed by atoms with Crippen LogP contribution in [0.1, 0.15) is 300 Å². The van der Waals surface area contributed by atoms with Crippen molar-refractivity contribution in [1.82, 2.24) is 37.2 Å². The van der Waals surface area contributed by atoms with Crippen LogP contribution in [0.4, 0.5) is 0 Å². The Hall–Kier alpha value is -7.47. The number of hydrogen-bond donors (Lipinski definition) is 11. The van der Waals surface area contributed by atoms with Crippen LogP contribution in [0.5, 0.6) is 0 Å². The van der Waals surface area contributed by atoms with Crippen LogP contribution in [0, 0.1) is 17.3 Å². The molecule has 0 rings (SSSR count). The van der Waals surface area contributed by atoms with Gasteiger partial charge in [0.25, 0.3) is 0 Å². The molecule has 0 unspecified atom stereocenters. The number of carboxylic acids is 4. The number of nitrogens with one attached hydrogen (secondary N) is 7. The Morgan fingerprint density at radius 1 is 0.281 bits per heavy atom. The number of Topliss-reactive ketones (excluding diaryl/α,β-unsaturated/α-hetero) is 4. The van der Waals surface area contributed by atoms with Gasteiger partial charge < -0.3 is 95.5 Å². The quantitative estimate of drug-likeness (QED) is 0.0252. The minimum atomic E-state index is -1.21. The van der Waals surface area contributed by atoms with E-state index < -0.39 is 53.2 Å². The van der Waals surface area contributed by atoms with E-state index in [4.69, 9.17) is 48.1 Å². The van der Waals surface area contributed by atoms with Gasteiger partial charge in [0.2, 0.25) is 41.4 Å². The van der Waals surface area contributed by atoms with Crippen molar-refractivity contribution in [2.45, 2.75) is 309 Å². The van der Waals surface area contributed by atoms with Crippen LogP contribution in [0.2, 0.25) is 0 Å². The molecule has 34 nitrogen and oxygen atoms in total. The number of aliphatic carboxylic acids is 4. The molecule has 0 radical (unpaired) electrons. The Balaban J connectivity index is -0.0000720. The molecule has 0 aromatic rings. The lowest BCUT2D eigenvalue weighted by Crippen LogP contribution is -2.41. The number of carbonyl (C=O) groups excluding carboxylic acids is 11. The molecule has 0 aromatic carbocycles. The van der Waals surface area contributed by atoms with Gasteiger partial charge in [-0.05, 0) is 77.6 Å². The normalized spacial score (nSPS) is 12.3. The second kappa shape index (κ2) is 78.5. The fourth-order valence-corrected chi connectivity index (χ4v) is 12.6. The standard InChI is InChI=1S/C87H153N7O27.2H2/c1-68(95)69(34-29-31-45-88-80(103)65-119-59-54-114-50-33-36-71(96)64-118-58-55-115-51-47-90-76(99)43-41-72(85(110)111)93-78(101)37-25-21-17-13-9-5-7-11-15-19-23-27-39-83(106)107)62-74(97)70(63-75(98)87(2,3)4)35-30-32-46-89-81(104)66-120-60-57-117-53-49-92-82(105)67-121-61-56-116-52-48-91-77(100)44-42-73(86(112)113)94-79(102)38-26-22-18-14-10-6-8-12-16-20-24-28-40-84(108)109;;/h69-70,72-73H,5-67H2,1-4H3,(H,88,103)(H,89,104)(H,90,99)(H,91,100)(H,92,105)(H,93,101)(H,94,102)(H,106,107)(H,108,109)(H,110,111)(H,112,113);2*1H/t69-,70-,72+,73+;;/m1../s1. The highest BCUT2D eigenvalue weighted by molar-refractivity contribution is 5.93. The molecule has 4 atom stereocenters. The third-order valence-corrected chi connectivity index (χ3v) is 19.9. The maximum Gasteiger partial charge on any atom is 0.326 e. The molecule has 0 bridgehead atoms. The molecule has 11 N–H and O–H groups in total. The van der Waals surface area contributed by atoms with Crippen molar-refractivity contribution >= 4 is 88.4 Å². The first-order valence-corrected chi connectivity index (χ1v) is 44.6. The molecule has 0 aromatic heterocycles. The van der Waals surface area contributed by atoms with Crippen LogP contribution in [-0.2, 0) is 110 Å². The van der Waals surface area contributed by atoms with Gasteiger partial charge in [0, 0.05) is 117 Å². The first-order chi connectivity index (χ1) is 58.1. The fraction of sp³-hybridized carbons (Fsp3) is 0.828. The molecular weight excluding hydrogens is 1570 g/mol. The van der Waals surface area contributed by atoms with Crippen LogP contribution in [-0.4, -0.2) is 259 Å². The third-order valence-electron chi connectivity index (χ3n) is 19.9. The number of carbonyl (C=O) groups is 15. The van der Waals surface area contributed by atoms with E-state index in [1.54, 1.807) is 20.8 Å². The number of ether oxygens (including phenoxy) is 8. The van der Waals surface area contributed by atoms with Crippen molar-refractivity contribution in [1.29, 1.82) is 0 Å². The third kappa shape index (κ3) is 76.0. The summed E-state index contributed by atoms with van der Waals surface area (Å²) in [4.78, 5) is 183. The van der Waals surface area contributed by atoms with Gasteiger partial charge in [-0.3, -0.25) is 62.3 Å². The van der Waals surface area contributed by atoms with Crippen molar-refractivity contribution in [3.05, 3.63) is 0 Å². The molecule has 34 heteroatoms. The zero-order valence-electron chi connectivity index (χ0n) is 73.5. The molecule has 0 heterocycles. The van der Waals surface area contributed by atoms with E-state index in [9.17, 15) is 82.1 Å². The van der Waals surface area contributed by atoms with Crippen LogP contribution in [0.15, 0.2) is 0 Å². The maximum atomic E-state index is 13.8. The number of ketones is 4. The lowest BCUT2D eigenvalue weighted by atomic mass is 9.79. The van der Waals surface area contributed by atoms with E-state index >= 15 is 0 Å². The van der Waals surface area contributed by atoms with E-state index in [-0.39, 0.29) is 257 Å². The van der Waals surface area contributed by atoms with E-state index in [1.165, 1.54) is 6.92 Å². The highest BCUT2D eigenvalue weighted by atomic mass is 16.5. The molecule has 0 aliphatic heterocycles. The first kappa shape index (κ1) is 114. The molecule has 0 fully saturated rings. The molecule has 7 amide bonds. The summed E-state index contributed by atoms with van der Waals surface area (Å²) in [5, 5.41) is 55.2. The zero-order valence-corrected chi connectivity index (χ0v) is 73.5.